The van der Waals surface area contributed by atoms with Gasteiger partial charge in [-0.25, -0.2) is 0 Å². The van der Waals surface area contributed by atoms with E-state index in [2.05, 4.69) is 33.0 Å². The Hall–Kier alpha value is -0.570. The maximum Gasteiger partial charge on any atom is 0.220 e. The molecule has 14 heavy (non-hydrogen) atoms. The molecule has 0 aromatic rings. The molecule has 0 saturated heterocycles. The number of nitrogens with one attached hydrogen (secondary N) is 1. The number of carbonyl (C=O) groups excluding carboxylic acids is 1. The molecule has 0 aromatic heterocycles. The standard InChI is InChI=1S/C11H23NO2/c1-8(11(3,4)5)6-10(14)12-7-9(2)13/h8-9,13H,6-7H2,1-5H3,(H,12,14). The fourth-order valence-corrected chi connectivity index (χ4v) is 0.918. The molecule has 0 aliphatic heterocycles. The van der Waals surface area contributed by atoms with Crippen molar-refractivity contribution in [3.8, 4) is 0 Å². The molecule has 0 aromatic carbocycles. The molecule has 0 rings (SSSR count). The summed E-state index contributed by atoms with van der Waals surface area (Å²) in [6, 6.07) is 0. The van der Waals surface area contributed by atoms with E-state index >= 15 is 0 Å². The Kier molecular flexibility index (Phi) is 5.13. The molecule has 0 aliphatic rings. The molecule has 1 amide bonds. The van der Waals surface area contributed by atoms with E-state index in [-0.39, 0.29) is 11.3 Å². The zero-order valence-electron chi connectivity index (χ0n) is 9.92. The minimum absolute atomic E-state index is 0.0216. The molecule has 2 unspecified atom stereocenters. The Morgan fingerprint density at radius 2 is 1.86 bits per heavy atom. The van der Waals surface area contributed by atoms with Crippen molar-refractivity contribution in [1.29, 1.82) is 0 Å². The summed E-state index contributed by atoms with van der Waals surface area (Å²) in [6.07, 6.45) is 0.0554. The maximum absolute atomic E-state index is 11.4. The van der Waals surface area contributed by atoms with Crippen LogP contribution >= 0.6 is 0 Å². The first-order chi connectivity index (χ1) is 6.23. The third-order valence-electron chi connectivity index (χ3n) is 2.56. The van der Waals surface area contributed by atoms with Gasteiger partial charge in [-0.05, 0) is 18.3 Å². The van der Waals surface area contributed by atoms with Crippen LogP contribution in [0.1, 0.15) is 41.0 Å². The first-order valence-electron chi connectivity index (χ1n) is 5.18. The molecule has 3 heteroatoms. The first kappa shape index (κ1) is 13.4. The van der Waals surface area contributed by atoms with E-state index in [1.807, 2.05) is 0 Å². The molecule has 2 N–H and O–H groups in total. The number of hydrogen-bond donors (Lipinski definition) is 2. The van der Waals surface area contributed by atoms with Crippen LogP contribution < -0.4 is 5.32 Å². The average molecular weight is 201 g/mol. The van der Waals surface area contributed by atoms with Crippen molar-refractivity contribution in [2.24, 2.45) is 11.3 Å². The van der Waals surface area contributed by atoms with Crippen molar-refractivity contribution in [2.45, 2.75) is 47.1 Å². The molecular weight excluding hydrogens is 178 g/mol. The monoisotopic (exact) mass is 201 g/mol. The fourth-order valence-electron chi connectivity index (χ4n) is 0.918. The van der Waals surface area contributed by atoms with Gasteiger partial charge in [0.05, 0.1) is 6.10 Å². The van der Waals surface area contributed by atoms with Gasteiger partial charge in [-0.15, -0.1) is 0 Å². The summed E-state index contributed by atoms with van der Waals surface area (Å²) in [4.78, 5) is 11.4. The SMILES string of the molecule is CC(O)CNC(=O)CC(C)C(C)(C)C. The molecule has 0 saturated carbocycles. The van der Waals surface area contributed by atoms with Gasteiger partial charge < -0.3 is 10.4 Å². The Morgan fingerprint density at radius 3 is 2.21 bits per heavy atom. The average Bonchev–Trinajstić information content (AvgIpc) is 1.99. The summed E-state index contributed by atoms with van der Waals surface area (Å²) >= 11 is 0. The summed E-state index contributed by atoms with van der Waals surface area (Å²) in [5.74, 6) is 0.366. The van der Waals surface area contributed by atoms with E-state index in [0.29, 0.717) is 18.9 Å². The molecule has 2 atom stereocenters. The second kappa shape index (κ2) is 5.35. The van der Waals surface area contributed by atoms with Crippen LogP contribution in [0.25, 0.3) is 0 Å². The lowest BCUT2D eigenvalue weighted by atomic mass is 9.80. The second-order valence-corrected chi connectivity index (χ2v) is 5.12. The summed E-state index contributed by atoms with van der Waals surface area (Å²) < 4.78 is 0. The minimum Gasteiger partial charge on any atom is -0.392 e. The molecule has 0 radical (unpaired) electrons. The van der Waals surface area contributed by atoms with Crippen molar-refractivity contribution in [2.75, 3.05) is 6.54 Å². The molecule has 0 bridgehead atoms. The number of amides is 1. The van der Waals surface area contributed by atoms with Crippen molar-refractivity contribution in [3.05, 3.63) is 0 Å². The highest BCUT2D eigenvalue weighted by atomic mass is 16.3. The lowest BCUT2D eigenvalue weighted by Gasteiger charge is -2.26. The van der Waals surface area contributed by atoms with Gasteiger partial charge in [-0.3, -0.25) is 4.79 Å². The highest BCUT2D eigenvalue weighted by Crippen LogP contribution is 2.27. The predicted molar refractivity (Wildman–Crippen MR) is 57.9 cm³/mol. The van der Waals surface area contributed by atoms with Gasteiger partial charge in [0.1, 0.15) is 0 Å². The third kappa shape index (κ3) is 5.97. The number of carbonyl (C=O) groups is 1. The number of hydrogen-bond acceptors (Lipinski definition) is 2. The van der Waals surface area contributed by atoms with Gasteiger partial charge in [0.2, 0.25) is 5.91 Å². The zero-order chi connectivity index (χ0) is 11.4. The fraction of sp³-hybridized carbons (Fsp3) is 0.909. The Bertz CT molecular complexity index is 182. The van der Waals surface area contributed by atoms with Crippen molar-refractivity contribution >= 4 is 5.91 Å². The number of aliphatic hydroxyl groups excluding tert-OH is 1. The molecular formula is C11H23NO2. The predicted octanol–water partition coefficient (Wildman–Crippen LogP) is 1.56. The van der Waals surface area contributed by atoms with Crippen LogP contribution in [0.3, 0.4) is 0 Å². The molecule has 84 valence electrons. The van der Waals surface area contributed by atoms with E-state index in [4.69, 9.17) is 5.11 Å². The lowest BCUT2D eigenvalue weighted by molar-refractivity contribution is -0.123. The summed E-state index contributed by atoms with van der Waals surface area (Å²) in [6.45, 7) is 10.4. The molecule has 0 heterocycles. The van der Waals surface area contributed by atoms with Crippen molar-refractivity contribution in [1.82, 2.24) is 5.32 Å². The van der Waals surface area contributed by atoms with E-state index in [0.717, 1.165) is 0 Å². The van der Waals surface area contributed by atoms with E-state index in [1.165, 1.54) is 0 Å². The van der Waals surface area contributed by atoms with Gasteiger partial charge >= 0.3 is 0 Å². The normalized spacial score (nSPS) is 16.1. The largest absolute Gasteiger partial charge is 0.392 e. The number of aliphatic hydroxyl groups is 1. The smallest absolute Gasteiger partial charge is 0.220 e. The zero-order valence-corrected chi connectivity index (χ0v) is 9.92. The molecule has 0 fully saturated rings. The summed E-state index contributed by atoms with van der Waals surface area (Å²) in [5.41, 5.74) is 0.155. The first-order valence-corrected chi connectivity index (χ1v) is 5.18. The van der Waals surface area contributed by atoms with Gasteiger partial charge in [-0.2, -0.15) is 0 Å². The summed E-state index contributed by atoms with van der Waals surface area (Å²) in [5, 5.41) is 11.7. The van der Waals surface area contributed by atoms with Crippen LogP contribution in [0, 0.1) is 11.3 Å². The van der Waals surface area contributed by atoms with Crippen molar-refractivity contribution in [3.63, 3.8) is 0 Å². The lowest BCUT2D eigenvalue weighted by Crippen LogP contribution is -2.33. The second-order valence-electron chi connectivity index (χ2n) is 5.12. The van der Waals surface area contributed by atoms with Crippen LogP contribution in [-0.2, 0) is 4.79 Å². The topological polar surface area (TPSA) is 49.3 Å². The maximum atomic E-state index is 11.4. The highest BCUT2D eigenvalue weighted by molar-refractivity contribution is 5.76. The van der Waals surface area contributed by atoms with Gasteiger partial charge in [0.25, 0.3) is 0 Å². The highest BCUT2D eigenvalue weighted by Gasteiger charge is 2.22. The molecule has 0 aliphatic carbocycles. The van der Waals surface area contributed by atoms with Crippen LogP contribution in [0.2, 0.25) is 0 Å². The van der Waals surface area contributed by atoms with E-state index < -0.39 is 6.10 Å². The molecule has 3 nitrogen and oxygen atoms in total. The van der Waals surface area contributed by atoms with Crippen molar-refractivity contribution < 1.29 is 9.90 Å². The van der Waals surface area contributed by atoms with Gasteiger partial charge in [0.15, 0.2) is 0 Å². The third-order valence-corrected chi connectivity index (χ3v) is 2.56. The van der Waals surface area contributed by atoms with E-state index in [1.54, 1.807) is 6.92 Å². The number of rotatable bonds is 4. The molecule has 0 spiro atoms. The quantitative estimate of drug-likeness (QED) is 0.725. The Morgan fingerprint density at radius 1 is 1.36 bits per heavy atom. The Balaban J connectivity index is 3.84. The van der Waals surface area contributed by atoms with Crippen LogP contribution in [-0.4, -0.2) is 23.7 Å². The van der Waals surface area contributed by atoms with Gasteiger partial charge in [0, 0.05) is 13.0 Å². The van der Waals surface area contributed by atoms with Gasteiger partial charge in [-0.1, -0.05) is 27.7 Å². The van der Waals surface area contributed by atoms with E-state index in [9.17, 15) is 4.79 Å². The van der Waals surface area contributed by atoms with Crippen LogP contribution in [0.5, 0.6) is 0 Å². The minimum atomic E-state index is -0.469. The van der Waals surface area contributed by atoms with Crippen LogP contribution in [0.15, 0.2) is 0 Å². The summed E-state index contributed by atoms with van der Waals surface area (Å²) in [7, 11) is 0. The van der Waals surface area contributed by atoms with Crippen LogP contribution in [0.4, 0.5) is 0 Å². The Labute approximate surface area is 86.9 Å².